The Balaban J connectivity index is 1.54. The first-order valence-corrected chi connectivity index (χ1v) is 13.1. The van der Waals surface area contributed by atoms with E-state index in [4.69, 9.17) is 0 Å². The van der Waals surface area contributed by atoms with Crippen molar-refractivity contribution in [3.05, 3.63) is 90.0 Å². The number of hydrogen-bond acceptors (Lipinski definition) is 5. The molecular weight excluding hydrogens is 448 g/mol. The maximum atomic E-state index is 12.5. The predicted octanol–water partition coefficient (Wildman–Crippen LogP) is 3.39. The number of amides is 1. The van der Waals surface area contributed by atoms with Gasteiger partial charge in [0.2, 0.25) is 0 Å². The Morgan fingerprint density at radius 3 is 2.03 bits per heavy atom. The van der Waals surface area contributed by atoms with Crippen LogP contribution in [0.5, 0.6) is 0 Å². The molecule has 0 saturated heterocycles. The molecule has 3 aromatic carbocycles. The highest BCUT2D eigenvalue weighted by Crippen LogP contribution is 2.17. The van der Waals surface area contributed by atoms with E-state index in [1.54, 1.807) is 42.5 Å². The molecule has 0 aliphatic carbocycles. The minimum atomic E-state index is -3.78. The lowest BCUT2D eigenvalue weighted by Crippen LogP contribution is -2.26. The lowest BCUT2D eigenvalue weighted by atomic mass is 10.2. The summed E-state index contributed by atoms with van der Waals surface area (Å²) in [6.07, 6.45) is 0.260. The molecule has 3 aromatic rings. The van der Waals surface area contributed by atoms with E-state index in [0.717, 1.165) is 5.56 Å². The van der Waals surface area contributed by atoms with Gasteiger partial charge in [-0.3, -0.25) is 9.52 Å². The van der Waals surface area contributed by atoms with Gasteiger partial charge in [0.05, 0.1) is 15.5 Å². The average Bonchev–Trinajstić information content (AvgIpc) is 2.79. The molecule has 7 nitrogen and oxygen atoms in total. The van der Waals surface area contributed by atoms with Gasteiger partial charge in [0, 0.05) is 17.8 Å². The molecule has 32 heavy (non-hydrogen) atoms. The van der Waals surface area contributed by atoms with Gasteiger partial charge in [-0.15, -0.1) is 0 Å². The van der Waals surface area contributed by atoms with Crippen LogP contribution >= 0.6 is 0 Å². The zero-order chi connectivity index (χ0) is 23.2. The summed E-state index contributed by atoms with van der Waals surface area (Å²) in [4.78, 5) is 12.6. The topological polar surface area (TPSA) is 109 Å². The van der Waals surface area contributed by atoms with Crippen LogP contribution in [0.1, 0.15) is 22.3 Å². The first-order chi connectivity index (χ1) is 15.2. The van der Waals surface area contributed by atoms with Crippen molar-refractivity contribution in [2.75, 3.05) is 17.0 Å². The summed E-state index contributed by atoms with van der Waals surface area (Å²) in [5, 5.41) is 2.66. The molecule has 9 heteroatoms. The van der Waals surface area contributed by atoms with Crippen molar-refractivity contribution in [3.63, 3.8) is 0 Å². The number of sulfone groups is 1. The monoisotopic (exact) mass is 472 g/mol. The van der Waals surface area contributed by atoms with E-state index in [2.05, 4.69) is 10.0 Å². The lowest BCUT2D eigenvalue weighted by molar-refractivity contribution is 0.0953. The van der Waals surface area contributed by atoms with E-state index < -0.39 is 25.8 Å². The molecule has 3 rings (SSSR count). The van der Waals surface area contributed by atoms with Crippen molar-refractivity contribution < 1.29 is 21.6 Å². The average molecular weight is 473 g/mol. The number of carbonyl (C=O) groups is 1. The second kappa shape index (κ2) is 9.97. The number of rotatable bonds is 9. The SMILES string of the molecule is Cc1ccc(NS(=O)(=O)c2ccc(C(=O)NCCCS(=O)(=O)c3ccccc3)cc2)cc1. The summed E-state index contributed by atoms with van der Waals surface area (Å²) in [5.74, 6) is -0.489. The first-order valence-electron chi connectivity index (χ1n) is 9.93. The van der Waals surface area contributed by atoms with Gasteiger partial charge in [-0.1, -0.05) is 35.9 Å². The highest BCUT2D eigenvalue weighted by Gasteiger charge is 2.16. The summed E-state index contributed by atoms with van der Waals surface area (Å²) in [6.45, 7) is 2.09. The fourth-order valence-electron chi connectivity index (χ4n) is 2.93. The molecular formula is C23H24N2O5S2. The van der Waals surface area contributed by atoms with E-state index in [0.29, 0.717) is 5.69 Å². The number of hydrogen-bond donors (Lipinski definition) is 2. The Hall–Kier alpha value is -3.17. The van der Waals surface area contributed by atoms with Crippen LogP contribution in [-0.2, 0) is 19.9 Å². The minimum Gasteiger partial charge on any atom is -0.352 e. The van der Waals surface area contributed by atoms with Crippen molar-refractivity contribution >= 4 is 31.5 Å². The van der Waals surface area contributed by atoms with Crippen molar-refractivity contribution in [3.8, 4) is 0 Å². The molecule has 0 aromatic heterocycles. The van der Waals surface area contributed by atoms with Crippen LogP contribution in [0.25, 0.3) is 0 Å². The molecule has 0 radical (unpaired) electrons. The molecule has 0 bridgehead atoms. The molecule has 1 amide bonds. The van der Waals surface area contributed by atoms with E-state index >= 15 is 0 Å². The Labute approximate surface area is 188 Å². The van der Waals surface area contributed by atoms with E-state index in [9.17, 15) is 21.6 Å². The molecule has 0 atom stereocenters. The Kier molecular flexibility index (Phi) is 7.32. The highest BCUT2D eigenvalue weighted by molar-refractivity contribution is 7.92. The third-order valence-electron chi connectivity index (χ3n) is 4.71. The summed E-state index contributed by atoms with van der Waals surface area (Å²) in [6, 6.07) is 20.6. The van der Waals surface area contributed by atoms with Gasteiger partial charge in [0.25, 0.3) is 15.9 Å². The third-order valence-corrected chi connectivity index (χ3v) is 7.92. The zero-order valence-corrected chi connectivity index (χ0v) is 19.1. The molecule has 0 heterocycles. The summed E-state index contributed by atoms with van der Waals surface area (Å²) >= 11 is 0. The molecule has 168 valence electrons. The summed E-state index contributed by atoms with van der Waals surface area (Å²) in [5.41, 5.74) is 1.74. The van der Waals surface area contributed by atoms with Crippen LogP contribution in [-0.4, -0.2) is 35.0 Å². The molecule has 0 unspecified atom stereocenters. The van der Waals surface area contributed by atoms with Crippen LogP contribution in [0.15, 0.2) is 88.7 Å². The van der Waals surface area contributed by atoms with Crippen molar-refractivity contribution in [1.29, 1.82) is 0 Å². The van der Waals surface area contributed by atoms with Crippen molar-refractivity contribution in [2.24, 2.45) is 0 Å². The molecule has 0 spiro atoms. The number of nitrogens with one attached hydrogen (secondary N) is 2. The van der Waals surface area contributed by atoms with Crippen LogP contribution < -0.4 is 10.0 Å². The van der Waals surface area contributed by atoms with Gasteiger partial charge in [-0.2, -0.15) is 0 Å². The molecule has 0 aliphatic heterocycles. The number of sulfonamides is 1. The van der Waals surface area contributed by atoms with Crippen LogP contribution in [0.2, 0.25) is 0 Å². The van der Waals surface area contributed by atoms with Crippen LogP contribution in [0, 0.1) is 6.92 Å². The summed E-state index contributed by atoms with van der Waals surface area (Å²) < 4.78 is 52.0. The number of benzene rings is 3. The third kappa shape index (κ3) is 6.18. The van der Waals surface area contributed by atoms with Gasteiger partial charge in [-0.05, 0) is 61.9 Å². The Bertz CT molecular complexity index is 1270. The van der Waals surface area contributed by atoms with Gasteiger partial charge in [-0.25, -0.2) is 16.8 Å². The second-order valence-electron chi connectivity index (χ2n) is 7.24. The van der Waals surface area contributed by atoms with Crippen molar-refractivity contribution in [1.82, 2.24) is 5.32 Å². The molecule has 2 N–H and O–H groups in total. The fraction of sp³-hybridized carbons (Fsp3) is 0.174. The smallest absolute Gasteiger partial charge is 0.261 e. The standard InChI is InChI=1S/C23H24N2O5S2/c1-18-8-12-20(13-9-18)25-32(29,30)22-14-10-19(11-15-22)23(26)24-16-5-17-31(27,28)21-6-3-2-4-7-21/h2-4,6-15,25H,5,16-17H2,1H3,(H,24,26). The lowest BCUT2D eigenvalue weighted by Gasteiger charge is -2.10. The normalized spacial score (nSPS) is 11.7. The minimum absolute atomic E-state index is 0.0311. The molecule has 0 saturated carbocycles. The number of anilines is 1. The maximum Gasteiger partial charge on any atom is 0.261 e. The van der Waals surface area contributed by atoms with Gasteiger partial charge in [0.15, 0.2) is 9.84 Å². The Morgan fingerprint density at radius 1 is 0.781 bits per heavy atom. The highest BCUT2D eigenvalue weighted by atomic mass is 32.2. The Morgan fingerprint density at radius 2 is 1.41 bits per heavy atom. The second-order valence-corrected chi connectivity index (χ2v) is 11.0. The summed E-state index contributed by atoms with van der Waals surface area (Å²) in [7, 11) is -7.18. The quantitative estimate of drug-likeness (QED) is 0.464. The largest absolute Gasteiger partial charge is 0.352 e. The molecule has 0 fully saturated rings. The van der Waals surface area contributed by atoms with Gasteiger partial charge in [0.1, 0.15) is 0 Å². The fourth-order valence-corrected chi connectivity index (χ4v) is 5.32. The van der Waals surface area contributed by atoms with E-state index in [1.165, 1.54) is 36.4 Å². The van der Waals surface area contributed by atoms with Crippen molar-refractivity contribution in [2.45, 2.75) is 23.1 Å². The van der Waals surface area contributed by atoms with Gasteiger partial charge >= 0.3 is 0 Å². The van der Waals surface area contributed by atoms with E-state index in [-0.39, 0.29) is 34.1 Å². The zero-order valence-electron chi connectivity index (χ0n) is 17.5. The maximum absolute atomic E-state index is 12.5. The predicted molar refractivity (Wildman–Crippen MR) is 124 cm³/mol. The molecule has 0 aliphatic rings. The number of carbonyl (C=O) groups excluding carboxylic acids is 1. The van der Waals surface area contributed by atoms with E-state index in [1.807, 2.05) is 6.92 Å². The van der Waals surface area contributed by atoms with Gasteiger partial charge < -0.3 is 5.32 Å². The van der Waals surface area contributed by atoms with Crippen LogP contribution in [0.4, 0.5) is 5.69 Å². The van der Waals surface area contributed by atoms with Crippen LogP contribution in [0.3, 0.4) is 0 Å². The number of aryl methyl sites for hydroxylation is 1. The first kappa shape index (κ1) is 23.5.